The van der Waals surface area contributed by atoms with E-state index in [2.05, 4.69) is 26.0 Å². The summed E-state index contributed by atoms with van der Waals surface area (Å²) >= 11 is 2.94. The van der Waals surface area contributed by atoms with Crippen LogP contribution in [0.15, 0.2) is 16.6 Å². The van der Waals surface area contributed by atoms with Gasteiger partial charge in [-0.3, -0.25) is 4.72 Å². The van der Waals surface area contributed by atoms with Gasteiger partial charge >= 0.3 is 0 Å². The number of benzene rings is 1. The highest BCUT2D eigenvalue weighted by Gasteiger charge is 2.21. The van der Waals surface area contributed by atoms with E-state index in [0.717, 1.165) is 18.9 Å². The molecular formula is C12H15BrF2N2O2S. The van der Waals surface area contributed by atoms with Gasteiger partial charge in [0.25, 0.3) is 0 Å². The molecule has 0 radical (unpaired) electrons. The molecule has 1 fully saturated rings. The summed E-state index contributed by atoms with van der Waals surface area (Å²) in [4.78, 5) is 0. The lowest BCUT2D eigenvalue weighted by molar-refractivity contribution is 0.580. The van der Waals surface area contributed by atoms with Crippen molar-refractivity contribution in [2.45, 2.75) is 25.3 Å². The monoisotopic (exact) mass is 368 g/mol. The van der Waals surface area contributed by atoms with E-state index in [0.29, 0.717) is 25.1 Å². The Hall–Kier alpha value is -0.730. The van der Waals surface area contributed by atoms with E-state index in [-0.39, 0.29) is 15.9 Å². The van der Waals surface area contributed by atoms with Crippen molar-refractivity contribution < 1.29 is 17.2 Å². The lowest BCUT2D eigenvalue weighted by Gasteiger charge is -2.11. The fourth-order valence-corrected chi connectivity index (χ4v) is 3.49. The third-order valence-electron chi connectivity index (χ3n) is 2.86. The van der Waals surface area contributed by atoms with Gasteiger partial charge in [0.05, 0.1) is 11.4 Å². The average molecular weight is 369 g/mol. The van der Waals surface area contributed by atoms with Crippen LogP contribution in [0.1, 0.15) is 19.3 Å². The van der Waals surface area contributed by atoms with Crippen molar-refractivity contribution in [2.24, 2.45) is 0 Å². The van der Waals surface area contributed by atoms with Crippen molar-refractivity contribution >= 4 is 31.6 Å². The molecule has 8 heteroatoms. The van der Waals surface area contributed by atoms with Gasteiger partial charge in [0.1, 0.15) is 5.82 Å². The fourth-order valence-electron chi connectivity index (χ4n) is 1.70. The summed E-state index contributed by atoms with van der Waals surface area (Å²) in [5, 5.41) is 3.20. The molecule has 20 heavy (non-hydrogen) atoms. The Bertz CT molecular complexity index is 568. The van der Waals surface area contributed by atoms with E-state index in [4.69, 9.17) is 0 Å². The maximum atomic E-state index is 13.5. The van der Waals surface area contributed by atoms with Gasteiger partial charge in [-0.05, 0) is 47.8 Å². The van der Waals surface area contributed by atoms with Crippen LogP contribution >= 0.6 is 15.9 Å². The van der Waals surface area contributed by atoms with Crippen LogP contribution in [0.3, 0.4) is 0 Å². The quantitative estimate of drug-likeness (QED) is 0.727. The largest absolute Gasteiger partial charge is 0.314 e. The molecule has 0 amide bonds. The lowest BCUT2D eigenvalue weighted by Crippen LogP contribution is -2.23. The molecule has 0 atom stereocenters. The van der Waals surface area contributed by atoms with E-state index >= 15 is 0 Å². The van der Waals surface area contributed by atoms with Crippen molar-refractivity contribution in [1.29, 1.82) is 0 Å². The number of halogens is 3. The van der Waals surface area contributed by atoms with Gasteiger partial charge in [0, 0.05) is 16.6 Å². The molecular weight excluding hydrogens is 354 g/mol. The van der Waals surface area contributed by atoms with Gasteiger partial charge in [-0.15, -0.1) is 0 Å². The minimum absolute atomic E-state index is 0.0367. The van der Waals surface area contributed by atoms with Crippen LogP contribution < -0.4 is 10.0 Å². The van der Waals surface area contributed by atoms with Crippen LogP contribution in [0.25, 0.3) is 0 Å². The second kappa shape index (κ2) is 6.36. The Labute approximate surface area is 125 Å². The normalized spacial score (nSPS) is 15.3. The van der Waals surface area contributed by atoms with Crippen molar-refractivity contribution in [3.63, 3.8) is 0 Å². The van der Waals surface area contributed by atoms with E-state index in [1.165, 1.54) is 0 Å². The zero-order valence-electron chi connectivity index (χ0n) is 10.6. The van der Waals surface area contributed by atoms with Gasteiger partial charge in [-0.2, -0.15) is 0 Å². The fraction of sp³-hybridized carbons (Fsp3) is 0.500. The predicted molar refractivity (Wildman–Crippen MR) is 77.1 cm³/mol. The molecule has 1 aromatic carbocycles. The van der Waals surface area contributed by atoms with E-state index in [9.17, 15) is 17.2 Å². The lowest BCUT2D eigenvalue weighted by atomic mass is 10.3. The van der Waals surface area contributed by atoms with Crippen LogP contribution in [0.2, 0.25) is 0 Å². The number of hydrogen-bond acceptors (Lipinski definition) is 3. The number of rotatable bonds is 7. The highest BCUT2D eigenvalue weighted by molar-refractivity contribution is 9.10. The third kappa shape index (κ3) is 4.68. The Morgan fingerprint density at radius 2 is 2.00 bits per heavy atom. The zero-order chi connectivity index (χ0) is 14.8. The van der Waals surface area contributed by atoms with Gasteiger partial charge < -0.3 is 5.32 Å². The van der Waals surface area contributed by atoms with Crippen molar-refractivity contribution in [2.75, 3.05) is 17.0 Å². The van der Waals surface area contributed by atoms with Gasteiger partial charge in [-0.1, -0.05) is 0 Å². The summed E-state index contributed by atoms with van der Waals surface area (Å²) in [6.45, 7) is 0.610. The molecule has 0 saturated heterocycles. The van der Waals surface area contributed by atoms with Gasteiger partial charge in [0.15, 0.2) is 5.82 Å². The predicted octanol–water partition coefficient (Wildman–Crippen LogP) is 2.61. The smallest absolute Gasteiger partial charge is 0.232 e. The van der Waals surface area contributed by atoms with E-state index < -0.39 is 21.7 Å². The minimum atomic E-state index is -3.65. The van der Waals surface area contributed by atoms with Gasteiger partial charge in [-0.25, -0.2) is 17.2 Å². The first-order valence-corrected chi connectivity index (χ1v) is 8.70. The van der Waals surface area contributed by atoms with Gasteiger partial charge in [0.2, 0.25) is 10.0 Å². The SMILES string of the molecule is O=S(=O)(CCCNC1CC1)Nc1c(F)cc(F)cc1Br. The van der Waals surface area contributed by atoms with Crippen LogP contribution in [-0.2, 0) is 10.0 Å². The molecule has 2 N–H and O–H groups in total. The van der Waals surface area contributed by atoms with Crippen LogP contribution in [-0.4, -0.2) is 26.8 Å². The van der Waals surface area contributed by atoms with Crippen LogP contribution in [0.4, 0.5) is 14.5 Å². The minimum Gasteiger partial charge on any atom is -0.314 e. The van der Waals surface area contributed by atoms with Crippen LogP contribution in [0, 0.1) is 11.6 Å². The van der Waals surface area contributed by atoms with Crippen molar-refractivity contribution in [3.8, 4) is 0 Å². The average Bonchev–Trinajstić information content (AvgIpc) is 3.13. The maximum absolute atomic E-state index is 13.5. The first-order valence-electron chi connectivity index (χ1n) is 6.26. The highest BCUT2D eigenvalue weighted by atomic mass is 79.9. The second-order valence-electron chi connectivity index (χ2n) is 4.75. The molecule has 1 aliphatic rings. The molecule has 1 aliphatic carbocycles. The molecule has 1 aromatic rings. The number of anilines is 1. The summed E-state index contributed by atoms with van der Waals surface area (Å²) in [5.41, 5.74) is -0.262. The topological polar surface area (TPSA) is 58.2 Å². The number of nitrogens with one attached hydrogen (secondary N) is 2. The molecule has 2 rings (SSSR count). The Morgan fingerprint density at radius 1 is 1.30 bits per heavy atom. The van der Waals surface area contributed by atoms with E-state index in [1.807, 2.05) is 0 Å². The highest BCUT2D eigenvalue weighted by Crippen LogP contribution is 2.27. The van der Waals surface area contributed by atoms with Crippen molar-refractivity contribution in [3.05, 3.63) is 28.2 Å². The molecule has 0 bridgehead atoms. The Balaban J connectivity index is 1.93. The maximum Gasteiger partial charge on any atom is 0.232 e. The number of hydrogen-bond donors (Lipinski definition) is 2. The Kier molecular flexibility index (Phi) is 4.98. The standard InChI is InChI=1S/C12H15BrF2N2O2S/c13-10-6-8(14)7-11(15)12(10)17-20(18,19)5-1-4-16-9-2-3-9/h6-7,9,16-17H,1-5H2. The summed E-state index contributed by atoms with van der Waals surface area (Å²) < 4.78 is 52.3. The molecule has 0 spiro atoms. The van der Waals surface area contributed by atoms with E-state index in [1.54, 1.807) is 0 Å². The summed E-state index contributed by atoms with van der Waals surface area (Å²) in [6, 6.07) is 2.17. The summed E-state index contributed by atoms with van der Waals surface area (Å²) in [7, 11) is -3.65. The molecule has 0 heterocycles. The third-order valence-corrected chi connectivity index (χ3v) is 4.83. The molecule has 0 aliphatic heterocycles. The Morgan fingerprint density at radius 3 is 2.60 bits per heavy atom. The van der Waals surface area contributed by atoms with Crippen LogP contribution in [0.5, 0.6) is 0 Å². The zero-order valence-corrected chi connectivity index (χ0v) is 13.0. The first kappa shape index (κ1) is 15.7. The summed E-state index contributed by atoms with van der Waals surface area (Å²) in [5.74, 6) is -1.83. The summed E-state index contributed by atoms with van der Waals surface area (Å²) in [6.07, 6.45) is 2.71. The molecule has 4 nitrogen and oxygen atoms in total. The molecule has 1 saturated carbocycles. The van der Waals surface area contributed by atoms with Crippen molar-refractivity contribution in [1.82, 2.24) is 5.32 Å². The first-order chi connectivity index (χ1) is 9.37. The molecule has 0 aromatic heterocycles. The molecule has 112 valence electrons. The molecule has 0 unspecified atom stereocenters. The number of sulfonamides is 1. The second-order valence-corrected chi connectivity index (χ2v) is 7.44.